The summed E-state index contributed by atoms with van der Waals surface area (Å²) < 4.78 is 7.04. The van der Waals surface area contributed by atoms with E-state index in [0.717, 1.165) is 0 Å². The molecule has 8 heteroatoms. The first-order valence-electron chi connectivity index (χ1n) is 9.80. The molecule has 1 atom stereocenters. The minimum absolute atomic E-state index is 0.107. The molecule has 158 valence electrons. The molecule has 0 aliphatic heterocycles. The highest BCUT2D eigenvalue weighted by molar-refractivity contribution is 8.00. The van der Waals surface area contributed by atoms with Crippen LogP contribution in [0.1, 0.15) is 20.3 Å². The van der Waals surface area contributed by atoms with Gasteiger partial charge in [-0.25, -0.2) is 4.98 Å². The van der Waals surface area contributed by atoms with Crippen LogP contribution in [0.5, 0.6) is 0 Å². The van der Waals surface area contributed by atoms with Crippen molar-refractivity contribution in [2.24, 2.45) is 0 Å². The molecule has 0 aliphatic rings. The standard InChI is InChI=1S/C22H24ClN3O3S/c1-3-29-14-6-13-26-21(28)18-7-4-5-8-19(18)25-22(26)30-15(2)20(27)24-17-11-9-16(23)10-12-17/h4-5,7-12,15H,3,6,13-14H2,1-2H3,(H,24,27). The number of halogens is 1. The molecule has 1 amide bonds. The van der Waals surface area contributed by atoms with Crippen molar-refractivity contribution in [1.29, 1.82) is 0 Å². The number of aromatic nitrogens is 2. The van der Waals surface area contributed by atoms with E-state index in [1.807, 2.05) is 25.1 Å². The second-order valence-corrected chi connectivity index (χ2v) is 8.42. The Morgan fingerprint density at radius 2 is 1.97 bits per heavy atom. The lowest BCUT2D eigenvalue weighted by Crippen LogP contribution is -2.27. The van der Waals surface area contributed by atoms with Crippen LogP contribution in [0, 0.1) is 0 Å². The Morgan fingerprint density at radius 1 is 1.23 bits per heavy atom. The molecule has 1 unspecified atom stereocenters. The van der Waals surface area contributed by atoms with Gasteiger partial charge in [0.2, 0.25) is 5.91 Å². The fourth-order valence-corrected chi connectivity index (χ4v) is 3.95. The number of carbonyl (C=O) groups is 1. The molecule has 30 heavy (non-hydrogen) atoms. The van der Waals surface area contributed by atoms with Gasteiger partial charge in [0.15, 0.2) is 5.16 Å². The molecule has 0 fully saturated rings. The zero-order chi connectivity index (χ0) is 21.5. The van der Waals surface area contributed by atoms with E-state index in [1.54, 1.807) is 41.8 Å². The maximum absolute atomic E-state index is 13.0. The Hall–Kier alpha value is -2.35. The number of nitrogens with one attached hydrogen (secondary N) is 1. The number of rotatable bonds is 9. The highest BCUT2D eigenvalue weighted by Crippen LogP contribution is 2.24. The van der Waals surface area contributed by atoms with Gasteiger partial charge in [0.25, 0.3) is 5.56 Å². The van der Waals surface area contributed by atoms with E-state index in [2.05, 4.69) is 10.3 Å². The fourth-order valence-electron chi connectivity index (χ4n) is 2.89. The number of fused-ring (bicyclic) bond motifs is 1. The van der Waals surface area contributed by atoms with Crippen LogP contribution in [-0.4, -0.2) is 33.9 Å². The number of anilines is 1. The van der Waals surface area contributed by atoms with Crippen molar-refractivity contribution in [1.82, 2.24) is 9.55 Å². The predicted molar refractivity (Wildman–Crippen MR) is 123 cm³/mol. The number of benzene rings is 2. The normalized spacial score (nSPS) is 12.1. The van der Waals surface area contributed by atoms with Gasteiger partial charge in [0, 0.05) is 30.5 Å². The van der Waals surface area contributed by atoms with Crippen LogP contribution >= 0.6 is 23.4 Å². The largest absolute Gasteiger partial charge is 0.382 e. The Bertz CT molecular complexity index is 1070. The van der Waals surface area contributed by atoms with Gasteiger partial charge in [-0.2, -0.15) is 0 Å². The van der Waals surface area contributed by atoms with Gasteiger partial charge in [0.05, 0.1) is 16.2 Å². The van der Waals surface area contributed by atoms with Gasteiger partial charge in [-0.1, -0.05) is 35.5 Å². The second-order valence-electron chi connectivity index (χ2n) is 6.68. The summed E-state index contributed by atoms with van der Waals surface area (Å²) in [5.74, 6) is -0.175. The maximum atomic E-state index is 13.0. The molecule has 0 aliphatic carbocycles. The topological polar surface area (TPSA) is 73.2 Å². The zero-order valence-electron chi connectivity index (χ0n) is 16.9. The Morgan fingerprint density at radius 3 is 2.70 bits per heavy atom. The molecule has 6 nitrogen and oxygen atoms in total. The summed E-state index contributed by atoms with van der Waals surface area (Å²) in [6.45, 7) is 5.40. The average Bonchev–Trinajstić information content (AvgIpc) is 2.74. The lowest BCUT2D eigenvalue weighted by Gasteiger charge is -2.16. The molecule has 3 rings (SSSR count). The summed E-state index contributed by atoms with van der Waals surface area (Å²) >= 11 is 7.16. The van der Waals surface area contributed by atoms with E-state index in [-0.39, 0.29) is 11.5 Å². The summed E-state index contributed by atoms with van der Waals surface area (Å²) in [5, 5.41) is 4.11. The molecular weight excluding hydrogens is 422 g/mol. The van der Waals surface area contributed by atoms with Crippen molar-refractivity contribution in [3.05, 3.63) is 63.9 Å². The molecule has 0 saturated carbocycles. The average molecular weight is 446 g/mol. The minimum atomic E-state index is -0.452. The molecule has 1 N–H and O–H groups in total. The summed E-state index contributed by atoms with van der Waals surface area (Å²) in [6, 6.07) is 14.2. The van der Waals surface area contributed by atoms with E-state index in [4.69, 9.17) is 16.3 Å². The number of hydrogen-bond donors (Lipinski definition) is 1. The molecule has 0 bridgehead atoms. The van der Waals surface area contributed by atoms with Crippen LogP contribution in [0.15, 0.2) is 58.5 Å². The predicted octanol–water partition coefficient (Wildman–Crippen LogP) is 4.60. The van der Waals surface area contributed by atoms with Gasteiger partial charge < -0.3 is 10.1 Å². The number of carbonyl (C=O) groups excluding carboxylic acids is 1. The molecule has 2 aromatic carbocycles. The monoisotopic (exact) mass is 445 g/mol. The zero-order valence-corrected chi connectivity index (χ0v) is 18.5. The van der Waals surface area contributed by atoms with Crippen LogP contribution in [-0.2, 0) is 16.1 Å². The molecule has 1 aromatic heterocycles. The lowest BCUT2D eigenvalue weighted by atomic mass is 10.2. The number of ether oxygens (including phenoxy) is 1. The quantitative estimate of drug-likeness (QED) is 0.296. The van der Waals surface area contributed by atoms with Gasteiger partial charge in [-0.15, -0.1) is 0 Å². The smallest absolute Gasteiger partial charge is 0.262 e. The first kappa shape index (κ1) is 22.3. The van der Waals surface area contributed by atoms with Crippen LogP contribution in [0.2, 0.25) is 5.02 Å². The van der Waals surface area contributed by atoms with Crippen LogP contribution in [0.3, 0.4) is 0 Å². The summed E-state index contributed by atoms with van der Waals surface area (Å²) in [4.78, 5) is 30.4. The van der Waals surface area contributed by atoms with Gasteiger partial charge in [-0.05, 0) is 56.7 Å². The second kappa shape index (κ2) is 10.6. The SMILES string of the molecule is CCOCCCn1c(SC(C)C(=O)Nc2ccc(Cl)cc2)nc2ccccc2c1=O. The number of hydrogen-bond acceptors (Lipinski definition) is 5. The van der Waals surface area contributed by atoms with Gasteiger partial charge in [-0.3, -0.25) is 14.2 Å². The molecule has 0 spiro atoms. The highest BCUT2D eigenvalue weighted by atomic mass is 35.5. The minimum Gasteiger partial charge on any atom is -0.382 e. The highest BCUT2D eigenvalue weighted by Gasteiger charge is 2.19. The summed E-state index contributed by atoms with van der Waals surface area (Å²) in [7, 11) is 0. The van der Waals surface area contributed by atoms with E-state index in [9.17, 15) is 9.59 Å². The number of amides is 1. The van der Waals surface area contributed by atoms with Crippen LogP contribution in [0.4, 0.5) is 5.69 Å². The number of thioether (sulfide) groups is 1. The Balaban J connectivity index is 1.82. The number of nitrogens with zero attached hydrogens (tertiary/aromatic N) is 2. The van der Waals surface area contributed by atoms with Gasteiger partial charge >= 0.3 is 0 Å². The first-order chi connectivity index (χ1) is 14.5. The van der Waals surface area contributed by atoms with E-state index < -0.39 is 5.25 Å². The van der Waals surface area contributed by atoms with Crippen molar-refractivity contribution < 1.29 is 9.53 Å². The Labute approximate surface area is 184 Å². The third kappa shape index (κ3) is 5.62. The van der Waals surface area contributed by atoms with Crippen LogP contribution in [0.25, 0.3) is 10.9 Å². The van der Waals surface area contributed by atoms with Gasteiger partial charge in [0.1, 0.15) is 0 Å². The fraction of sp³-hybridized carbons (Fsp3) is 0.318. The summed E-state index contributed by atoms with van der Waals surface area (Å²) in [5.41, 5.74) is 1.18. The first-order valence-corrected chi connectivity index (χ1v) is 11.1. The molecule has 1 heterocycles. The van der Waals surface area contributed by atoms with Crippen molar-refractivity contribution in [2.75, 3.05) is 18.5 Å². The maximum Gasteiger partial charge on any atom is 0.262 e. The molecule has 0 radical (unpaired) electrons. The van der Waals surface area contributed by atoms with Crippen molar-refractivity contribution in [2.45, 2.75) is 37.2 Å². The molecule has 0 saturated heterocycles. The number of para-hydroxylation sites is 1. The lowest BCUT2D eigenvalue weighted by molar-refractivity contribution is -0.115. The van der Waals surface area contributed by atoms with Crippen molar-refractivity contribution >= 4 is 45.9 Å². The third-order valence-electron chi connectivity index (χ3n) is 4.46. The summed E-state index contributed by atoms with van der Waals surface area (Å²) in [6.07, 6.45) is 0.687. The third-order valence-corrected chi connectivity index (χ3v) is 5.81. The van der Waals surface area contributed by atoms with Crippen LogP contribution < -0.4 is 10.9 Å². The van der Waals surface area contributed by atoms with E-state index >= 15 is 0 Å². The van der Waals surface area contributed by atoms with Crippen molar-refractivity contribution in [3.8, 4) is 0 Å². The molecular formula is C22H24ClN3O3S. The van der Waals surface area contributed by atoms with E-state index in [0.29, 0.717) is 52.9 Å². The van der Waals surface area contributed by atoms with Crippen molar-refractivity contribution in [3.63, 3.8) is 0 Å². The Kier molecular flexibility index (Phi) is 7.90. The van der Waals surface area contributed by atoms with E-state index in [1.165, 1.54) is 11.8 Å². The molecule has 3 aromatic rings.